The fraction of sp³-hybridized carbons (Fsp3) is 0.118. The van der Waals surface area contributed by atoms with Crippen molar-refractivity contribution < 1.29 is 4.79 Å². The number of hydrogen-bond donors (Lipinski definition) is 1. The zero-order valence-electron chi connectivity index (χ0n) is 12.3. The first-order valence-electron chi connectivity index (χ1n) is 6.93. The van der Waals surface area contributed by atoms with Crippen LogP contribution in [0.15, 0.2) is 53.5 Å². The molecule has 0 fully saturated rings. The number of Topliss-reactive ketones (excluding diaryl/α,β-unsaturated/α-hetero) is 1. The molecule has 0 aliphatic heterocycles. The van der Waals surface area contributed by atoms with Crippen LogP contribution in [0.5, 0.6) is 0 Å². The van der Waals surface area contributed by atoms with E-state index in [0.29, 0.717) is 5.65 Å². The summed E-state index contributed by atoms with van der Waals surface area (Å²) in [5.41, 5.74) is 1.88. The van der Waals surface area contributed by atoms with E-state index in [1.165, 1.54) is 11.3 Å². The van der Waals surface area contributed by atoms with E-state index < -0.39 is 0 Å². The summed E-state index contributed by atoms with van der Waals surface area (Å²) < 4.78 is 1.40. The molecule has 0 radical (unpaired) electrons. The van der Waals surface area contributed by atoms with Gasteiger partial charge in [-0.3, -0.25) is 14.0 Å². The van der Waals surface area contributed by atoms with Crippen LogP contribution in [0.3, 0.4) is 0 Å². The summed E-state index contributed by atoms with van der Waals surface area (Å²) >= 11 is 0. The number of carbonyl (C=O) groups is 1. The molecule has 2 heterocycles. The van der Waals surface area contributed by atoms with Gasteiger partial charge in [-0.25, -0.2) is 4.98 Å². The molecule has 0 saturated carbocycles. The van der Waals surface area contributed by atoms with E-state index in [4.69, 9.17) is 0 Å². The van der Waals surface area contributed by atoms with Crippen LogP contribution in [0, 0.1) is 6.92 Å². The molecule has 110 valence electrons. The Hall–Kier alpha value is -2.95. The molecule has 0 atom stereocenters. The number of pyridine rings is 1. The van der Waals surface area contributed by atoms with Gasteiger partial charge in [-0.05, 0) is 37.6 Å². The number of aryl methyl sites for hydroxylation is 1. The van der Waals surface area contributed by atoms with Gasteiger partial charge in [-0.1, -0.05) is 24.3 Å². The second-order valence-electron chi connectivity index (χ2n) is 5.07. The van der Waals surface area contributed by atoms with Crippen LogP contribution < -0.4 is 10.9 Å². The lowest BCUT2D eigenvalue weighted by Crippen LogP contribution is -2.24. The number of carbonyl (C=O) groups excluding carboxylic acids is 1. The van der Waals surface area contributed by atoms with Gasteiger partial charge in [0, 0.05) is 11.9 Å². The van der Waals surface area contributed by atoms with E-state index in [2.05, 4.69) is 10.3 Å². The number of ketones is 1. The third-order valence-electron chi connectivity index (χ3n) is 3.44. The SMILES string of the molecule is CC(=O)c1c(Nc2ccccc2)nc2c(C)cccn2c1=O. The number of fused-ring (bicyclic) bond motifs is 1. The van der Waals surface area contributed by atoms with E-state index in [0.717, 1.165) is 11.3 Å². The minimum Gasteiger partial charge on any atom is -0.339 e. The highest BCUT2D eigenvalue weighted by Gasteiger charge is 2.17. The summed E-state index contributed by atoms with van der Waals surface area (Å²) in [6.45, 7) is 3.25. The first-order valence-corrected chi connectivity index (χ1v) is 6.93. The van der Waals surface area contributed by atoms with Gasteiger partial charge in [0.05, 0.1) is 0 Å². The zero-order chi connectivity index (χ0) is 15.7. The van der Waals surface area contributed by atoms with Gasteiger partial charge >= 0.3 is 0 Å². The summed E-state index contributed by atoms with van der Waals surface area (Å²) in [6.07, 6.45) is 1.62. The number of aromatic nitrogens is 2. The first kappa shape index (κ1) is 14.0. The molecule has 1 N–H and O–H groups in total. The van der Waals surface area contributed by atoms with E-state index in [9.17, 15) is 9.59 Å². The Kier molecular flexibility index (Phi) is 3.47. The molecule has 0 spiro atoms. The van der Waals surface area contributed by atoms with Gasteiger partial charge in [0.25, 0.3) is 5.56 Å². The Morgan fingerprint density at radius 1 is 1.14 bits per heavy atom. The van der Waals surface area contributed by atoms with Crippen LogP contribution in [0.1, 0.15) is 22.8 Å². The smallest absolute Gasteiger partial charge is 0.270 e. The Bertz CT molecular complexity index is 914. The van der Waals surface area contributed by atoms with Crippen molar-refractivity contribution in [3.05, 3.63) is 70.1 Å². The molecule has 22 heavy (non-hydrogen) atoms. The van der Waals surface area contributed by atoms with Crippen molar-refractivity contribution in [3.63, 3.8) is 0 Å². The number of nitrogens with zero attached hydrogens (tertiary/aromatic N) is 2. The lowest BCUT2D eigenvalue weighted by molar-refractivity contribution is 0.101. The predicted molar refractivity (Wildman–Crippen MR) is 85.9 cm³/mol. The first-order chi connectivity index (χ1) is 10.6. The fourth-order valence-electron chi connectivity index (χ4n) is 2.36. The molecule has 0 aliphatic rings. The van der Waals surface area contributed by atoms with Gasteiger partial charge in [0.15, 0.2) is 5.78 Å². The van der Waals surface area contributed by atoms with Crippen molar-refractivity contribution in [2.45, 2.75) is 13.8 Å². The van der Waals surface area contributed by atoms with Crippen molar-refractivity contribution >= 4 is 22.9 Å². The summed E-state index contributed by atoms with van der Waals surface area (Å²) in [7, 11) is 0. The highest BCUT2D eigenvalue weighted by Crippen LogP contribution is 2.18. The largest absolute Gasteiger partial charge is 0.339 e. The Labute approximate surface area is 127 Å². The minimum atomic E-state index is -0.361. The molecule has 0 aliphatic carbocycles. The highest BCUT2D eigenvalue weighted by atomic mass is 16.1. The van der Waals surface area contributed by atoms with Crippen LogP contribution in [0.25, 0.3) is 5.65 Å². The lowest BCUT2D eigenvalue weighted by atomic mass is 10.2. The summed E-state index contributed by atoms with van der Waals surface area (Å²) in [6, 6.07) is 13.0. The molecular weight excluding hydrogens is 278 g/mol. The average Bonchev–Trinajstić information content (AvgIpc) is 2.49. The number of rotatable bonds is 3. The van der Waals surface area contributed by atoms with Crippen molar-refractivity contribution in [3.8, 4) is 0 Å². The van der Waals surface area contributed by atoms with Gasteiger partial charge in [-0.2, -0.15) is 0 Å². The van der Waals surface area contributed by atoms with Gasteiger partial charge in [0.1, 0.15) is 17.0 Å². The zero-order valence-corrected chi connectivity index (χ0v) is 12.3. The van der Waals surface area contributed by atoms with E-state index >= 15 is 0 Å². The molecule has 0 unspecified atom stereocenters. The van der Waals surface area contributed by atoms with Gasteiger partial charge in [-0.15, -0.1) is 0 Å². The summed E-state index contributed by atoms with van der Waals surface area (Å²) in [4.78, 5) is 29.0. The van der Waals surface area contributed by atoms with Crippen LogP contribution in [-0.2, 0) is 0 Å². The average molecular weight is 293 g/mol. The molecule has 5 nitrogen and oxygen atoms in total. The topological polar surface area (TPSA) is 63.5 Å². The summed E-state index contributed by atoms with van der Waals surface area (Å²) in [5.74, 6) is -0.0233. The van der Waals surface area contributed by atoms with Crippen molar-refractivity contribution in [2.75, 3.05) is 5.32 Å². The molecule has 2 aromatic heterocycles. The molecule has 0 saturated heterocycles. The minimum absolute atomic E-state index is 0.0620. The standard InChI is InChI=1S/C17H15N3O2/c1-11-7-6-10-20-16(11)19-15(14(12(2)21)17(20)22)18-13-8-4-3-5-9-13/h3-10,18H,1-2H3. The third-order valence-corrected chi connectivity index (χ3v) is 3.44. The second-order valence-corrected chi connectivity index (χ2v) is 5.07. The van der Waals surface area contributed by atoms with E-state index in [1.807, 2.05) is 43.3 Å². The number of para-hydroxylation sites is 1. The van der Waals surface area contributed by atoms with Crippen LogP contribution in [-0.4, -0.2) is 15.2 Å². The van der Waals surface area contributed by atoms with Gasteiger partial charge in [0.2, 0.25) is 0 Å². The fourth-order valence-corrected chi connectivity index (χ4v) is 2.36. The third kappa shape index (κ3) is 2.37. The maximum Gasteiger partial charge on any atom is 0.270 e. The maximum atomic E-state index is 12.6. The molecule has 0 bridgehead atoms. The van der Waals surface area contributed by atoms with Crippen LogP contribution in [0.2, 0.25) is 0 Å². The van der Waals surface area contributed by atoms with Crippen molar-refractivity contribution in [2.24, 2.45) is 0 Å². The number of anilines is 2. The molecule has 1 aromatic carbocycles. The Morgan fingerprint density at radius 3 is 2.55 bits per heavy atom. The summed E-state index contributed by atoms with van der Waals surface area (Å²) in [5, 5.41) is 3.07. The normalized spacial score (nSPS) is 10.6. The van der Waals surface area contributed by atoms with E-state index in [-0.39, 0.29) is 22.7 Å². The van der Waals surface area contributed by atoms with E-state index in [1.54, 1.807) is 12.3 Å². The Balaban J connectivity index is 2.28. The van der Waals surface area contributed by atoms with Crippen LogP contribution in [0.4, 0.5) is 11.5 Å². The van der Waals surface area contributed by atoms with Gasteiger partial charge < -0.3 is 5.32 Å². The predicted octanol–water partition coefficient (Wildman–Crippen LogP) is 2.95. The molecule has 5 heteroatoms. The van der Waals surface area contributed by atoms with Crippen molar-refractivity contribution in [1.82, 2.24) is 9.38 Å². The number of hydrogen-bond acceptors (Lipinski definition) is 4. The van der Waals surface area contributed by atoms with Crippen LogP contribution >= 0.6 is 0 Å². The highest BCUT2D eigenvalue weighted by molar-refractivity contribution is 5.99. The number of nitrogens with one attached hydrogen (secondary N) is 1. The molecule has 0 amide bonds. The molecule has 3 rings (SSSR count). The monoisotopic (exact) mass is 293 g/mol. The Morgan fingerprint density at radius 2 is 1.86 bits per heavy atom. The molecule has 3 aromatic rings. The number of benzene rings is 1. The second kappa shape index (κ2) is 5.44. The maximum absolute atomic E-state index is 12.6. The molecular formula is C17H15N3O2. The lowest BCUT2D eigenvalue weighted by Gasteiger charge is -2.12. The van der Waals surface area contributed by atoms with Crippen molar-refractivity contribution in [1.29, 1.82) is 0 Å². The quantitative estimate of drug-likeness (QED) is 0.754.